The van der Waals surface area contributed by atoms with Crippen molar-refractivity contribution in [2.75, 3.05) is 13.3 Å². The van der Waals surface area contributed by atoms with Gasteiger partial charge in [0.1, 0.15) is 0 Å². The average Bonchev–Trinajstić information content (AvgIpc) is 3.24. The Kier molecular flexibility index (Phi) is 13.1. The van der Waals surface area contributed by atoms with Gasteiger partial charge in [0.25, 0.3) is 0 Å². The Morgan fingerprint density at radius 3 is 2.27 bits per heavy atom. The zero-order valence-electron chi connectivity index (χ0n) is 20.4. The lowest BCUT2D eigenvalue weighted by atomic mass is 10.1. The highest BCUT2D eigenvalue weighted by Gasteiger charge is 2.31. The fourth-order valence-electron chi connectivity index (χ4n) is 4.49. The second-order valence-corrected chi connectivity index (χ2v) is 8.92. The molecule has 0 N–H and O–H groups in total. The van der Waals surface area contributed by atoms with Crippen LogP contribution in [0.3, 0.4) is 0 Å². The first-order valence-electron chi connectivity index (χ1n) is 12.8. The summed E-state index contributed by atoms with van der Waals surface area (Å²) in [7, 11) is 0. The number of carbonyl (C=O) groups excluding carboxylic acids is 2. The lowest BCUT2D eigenvalue weighted by Crippen LogP contribution is -2.35. The molecule has 2 rings (SSSR count). The van der Waals surface area contributed by atoms with Gasteiger partial charge in [0, 0.05) is 6.42 Å². The van der Waals surface area contributed by atoms with Crippen LogP contribution in [0.25, 0.3) is 0 Å². The maximum Gasteiger partial charge on any atom is 0.413 e. The molecule has 5 nitrogen and oxygen atoms in total. The molecule has 1 aliphatic carbocycles. The van der Waals surface area contributed by atoms with Crippen LogP contribution in [0, 0.1) is 12.3 Å². The summed E-state index contributed by atoms with van der Waals surface area (Å²) in [5, 5.41) is 0. The molecule has 5 heteroatoms. The van der Waals surface area contributed by atoms with Gasteiger partial charge in [0.05, 0.1) is 12.6 Å². The molecule has 33 heavy (non-hydrogen) atoms. The van der Waals surface area contributed by atoms with Crippen molar-refractivity contribution in [3.8, 4) is 12.3 Å². The molecule has 1 aromatic carbocycles. The Bertz CT molecular complexity index is 755. The minimum absolute atomic E-state index is 0.100. The van der Waals surface area contributed by atoms with Gasteiger partial charge in [-0.2, -0.15) is 0 Å². The van der Waals surface area contributed by atoms with Crippen molar-refractivity contribution >= 4 is 12.1 Å². The first-order chi connectivity index (χ1) is 16.2. The Labute approximate surface area is 200 Å². The van der Waals surface area contributed by atoms with Crippen molar-refractivity contribution in [1.29, 1.82) is 0 Å². The number of amides is 1. The lowest BCUT2D eigenvalue weighted by Gasteiger charge is -2.27. The maximum atomic E-state index is 12.6. The first-order valence-corrected chi connectivity index (χ1v) is 12.8. The molecule has 182 valence electrons. The predicted molar refractivity (Wildman–Crippen MR) is 132 cm³/mol. The van der Waals surface area contributed by atoms with Crippen LogP contribution in [0.5, 0.6) is 0 Å². The molecule has 0 heterocycles. The van der Waals surface area contributed by atoms with Gasteiger partial charge in [-0.3, -0.25) is 9.69 Å². The first kappa shape index (κ1) is 26.8. The normalized spacial score (nSPS) is 14.4. The number of rotatable bonds is 16. The summed E-state index contributed by atoms with van der Waals surface area (Å²) in [6.45, 7) is 2.03. The molecular weight excluding hydrogens is 414 g/mol. The maximum absolute atomic E-state index is 12.6. The molecule has 0 fully saturated rings. The van der Waals surface area contributed by atoms with Crippen molar-refractivity contribution in [3.63, 3.8) is 0 Å². The number of hydrogen-bond acceptors (Lipinski definition) is 4. The fourth-order valence-corrected chi connectivity index (χ4v) is 4.49. The number of fused-ring (bicyclic) bond motifs is 1. The van der Waals surface area contributed by atoms with Gasteiger partial charge >= 0.3 is 12.1 Å². The predicted octanol–water partition coefficient (Wildman–Crippen LogP) is 6.95. The molecule has 0 saturated heterocycles. The summed E-state index contributed by atoms with van der Waals surface area (Å²) in [5.41, 5.74) is 2.34. The third-order valence-corrected chi connectivity index (χ3v) is 6.36. The van der Waals surface area contributed by atoms with Gasteiger partial charge in [-0.15, -0.1) is 6.42 Å². The van der Waals surface area contributed by atoms with E-state index in [1.165, 1.54) is 56.9 Å². The van der Waals surface area contributed by atoms with Gasteiger partial charge in [0.2, 0.25) is 6.79 Å². The Morgan fingerprint density at radius 1 is 0.970 bits per heavy atom. The van der Waals surface area contributed by atoms with Crippen molar-refractivity contribution in [2.24, 2.45) is 0 Å². The monoisotopic (exact) mass is 455 g/mol. The number of nitrogens with zero attached hydrogens (tertiary/aromatic N) is 1. The van der Waals surface area contributed by atoms with E-state index in [2.05, 4.69) is 18.9 Å². The number of ether oxygens (including phenoxy) is 2. The minimum Gasteiger partial charge on any atom is -0.428 e. The van der Waals surface area contributed by atoms with Gasteiger partial charge in [0.15, 0.2) is 0 Å². The summed E-state index contributed by atoms with van der Waals surface area (Å²) < 4.78 is 10.3. The molecule has 0 aliphatic heterocycles. The number of hydrogen-bond donors (Lipinski definition) is 0. The molecule has 0 aromatic heterocycles. The van der Waals surface area contributed by atoms with Crippen LogP contribution in [0.1, 0.15) is 108 Å². The van der Waals surface area contributed by atoms with Crippen LogP contribution in [-0.4, -0.2) is 30.3 Å². The van der Waals surface area contributed by atoms with Gasteiger partial charge in [-0.1, -0.05) is 101 Å². The summed E-state index contributed by atoms with van der Waals surface area (Å²) >= 11 is 0. The van der Waals surface area contributed by atoms with Crippen LogP contribution in [0.15, 0.2) is 24.3 Å². The second kappa shape index (κ2) is 16.2. The number of carbonyl (C=O) groups is 2. The zero-order valence-corrected chi connectivity index (χ0v) is 20.4. The zero-order chi connectivity index (χ0) is 23.7. The molecule has 0 spiro atoms. The molecule has 1 amide bonds. The van der Waals surface area contributed by atoms with Crippen LogP contribution in [0.4, 0.5) is 4.79 Å². The third kappa shape index (κ3) is 9.90. The van der Waals surface area contributed by atoms with Crippen LogP contribution >= 0.6 is 0 Å². The molecular formula is C28H41NO4. The fraction of sp³-hybridized carbons (Fsp3) is 0.643. The highest BCUT2D eigenvalue weighted by atomic mass is 16.7. The Balaban J connectivity index is 1.55. The van der Waals surface area contributed by atoms with Gasteiger partial charge < -0.3 is 9.47 Å². The van der Waals surface area contributed by atoms with E-state index in [-0.39, 0.29) is 25.3 Å². The summed E-state index contributed by atoms with van der Waals surface area (Å²) in [5.74, 6) is 2.21. The van der Waals surface area contributed by atoms with Crippen LogP contribution in [-0.2, 0) is 20.7 Å². The Morgan fingerprint density at radius 2 is 1.61 bits per heavy atom. The largest absolute Gasteiger partial charge is 0.428 e. The number of benzene rings is 1. The van der Waals surface area contributed by atoms with E-state index in [4.69, 9.17) is 15.9 Å². The molecule has 1 aliphatic rings. The number of unbranched alkanes of at least 4 members (excludes halogenated alkanes) is 10. The second-order valence-electron chi connectivity index (χ2n) is 8.92. The smallest absolute Gasteiger partial charge is 0.413 e. The number of terminal acetylenes is 1. The van der Waals surface area contributed by atoms with E-state index in [1.807, 2.05) is 18.2 Å². The topological polar surface area (TPSA) is 55.8 Å². The Hall–Kier alpha value is -2.48. The summed E-state index contributed by atoms with van der Waals surface area (Å²) in [4.78, 5) is 26.1. The van der Waals surface area contributed by atoms with Crippen molar-refractivity contribution in [3.05, 3.63) is 35.4 Å². The average molecular weight is 456 g/mol. The SMILES string of the molecule is C#CCN(C(=O)OCOC(=O)CCCCCCCCCCCCC)[C@@H]1CCc2ccccc21. The molecule has 1 aromatic rings. The number of esters is 1. The lowest BCUT2D eigenvalue weighted by molar-refractivity contribution is -0.152. The quantitative estimate of drug-likeness (QED) is 0.117. The van der Waals surface area contributed by atoms with Crippen LogP contribution < -0.4 is 0 Å². The van der Waals surface area contributed by atoms with E-state index in [9.17, 15) is 9.59 Å². The third-order valence-electron chi connectivity index (χ3n) is 6.36. The molecule has 0 saturated carbocycles. The van der Waals surface area contributed by atoms with E-state index >= 15 is 0 Å². The summed E-state index contributed by atoms with van der Waals surface area (Å²) in [6.07, 6.45) is 20.6. The van der Waals surface area contributed by atoms with Crippen molar-refractivity contribution < 1.29 is 19.1 Å². The van der Waals surface area contributed by atoms with E-state index < -0.39 is 6.09 Å². The number of aryl methyl sites for hydroxylation is 1. The van der Waals surface area contributed by atoms with E-state index in [0.717, 1.165) is 37.7 Å². The molecule has 0 radical (unpaired) electrons. The van der Waals surface area contributed by atoms with E-state index in [0.29, 0.717) is 6.42 Å². The highest BCUT2D eigenvalue weighted by molar-refractivity contribution is 5.71. The summed E-state index contributed by atoms with van der Waals surface area (Å²) in [6, 6.07) is 7.96. The van der Waals surface area contributed by atoms with Crippen molar-refractivity contribution in [2.45, 2.75) is 103 Å². The van der Waals surface area contributed by atoms with Gasteiger partial charge in [-0.25, -0.2) is 4.79 Å². The van der Waals surface area contributed by atoms with Crippen LogP contribution in [0.2, 0.25) is 0 Å². The molecule has 0 bridgehead atoms. The standard InChI is InChI=1S/C28H41NO4/c1-3-5-6-7-8-9-10-11-12-13-14-19-27(30)32-23-33-28(31)29(22-4-2)26-21-20-24-17-15-16-18-25(24)26/h2,15-18,26H,3,5-14,19-23H2,1H3/t26-/m1/s1. The van der Waals surface area contributed by atoms with E-state index in [1.54, 1.807) is 4.90 Å². The molecule has 0 unspecified atom stereocenters. The highest BCUT2D eigenvalue weighted by Crippen LogP contribution is 2.35. The van der Waals surface area contributed by atoms with Crippen molar-refractivity contribution in [1.82, 2.24) is 4.90 Å². The van der Waals surface area contributed by atoms with Gasteiger partial charge in [-0.05, 0) is 30.4 Å². The molecule has 1 atom stereocenters. The minimum atomic E-state index is -0.544.